The molecule has 1 unspecified atom stereocenters. The number of carbonyl (C=O) groups excluding carboxylic acids is 1. The van der Waals surface area contributed by atoms with E-state index in [4.69, 9.17) is 9.72 Å². The molecule has 0 aliphatic rings. The van der Waals surface area contributed by atoms with Crippen molar-refractivity contribution in [3.63, 3.8) is 0 Å². The largest absolute Gasteiger partial charge is 0.489 e. The highest BCUT2D eigenvalue weighted by atomic mass is 32.1. The molecule has 0 saturated carbocycles. The van der Waals surface area contributed by atoms with Crippen LogP contribution in [0.15, 0.2) is 84.9 Å². The number of imidazole rings is 1. The topological polar surface area (TPSA) is 98.8 Å². The molecular weight excluding hydrogens is 645 g/mol. The summed E-state index contributed by atoms with van der Waals surface area (Å²) in [5.74, 6) is 1.10. The first kappa shape index (κ1) is 36.8. The van der Waals surface area contributed by atoms with Crippen molar-refractivity contribution >= 4 is 34.2 Å². The molecule has 0 fully saturated rings. The normalized spacial score (nSPS) is 12.1. The molecule has 50 heavy (non-hydrogen) atoms. The lowest BCUT2D eigenvalue weighted by molar-refractivity contribution is -0.141. The maximum Gasteiger partial charge on any atom is 0.317 e. The summed E-state index contributed by atoms with van der Waals surface area (Å²) in [4.78, 5) is 39.4. The minimum Gasteiger partial charge on any atom is -0.489 e. The van der Waals surface area contributed by atoms with Gasteiger partial charge in [-0.3, -0.25) is 14.5 Å². The minimum atomic E-state index is -0.955. The Kier molecular flexibility index (Phi) is 13.2. The number of ether oxygens (including phenoxy) is 1. The van der Waals surface area contributed by atoms with Crippen LogP contribution in [-0.2, 0) is 22.7 Å². The fraction of sp³-hybridized carbons (Fsp3) is 0.390. The summed E-state index contributed by atoms with van der Waals surface area (Å²) in [6, 6.07) is 28.3. The monoisotopic (exact) mass is 694 g/mol. The third kappa shape index (κ3) is 9.61. The van der Waals surface area contributed by atoms with Crippen LogP contribution in [0.2, 0.25) is 0 Å². The third-order valence-electron chi connectivity index (χ3n) is 9.28. The number of carbonyl (C=O) groups is 2. The first-order valence-electron chi connectivity index (χ1n) is 17.9. The van der Waals surface area contributed by atoms with Crippen LogP contribution in [0.5, 0.6) is 5.75 Å². The molecule has 5 rings (SSSR count). The molecule has 264 valence electrons. The number of para-hydroxylation sites is 2. The number of aromatic nitrogens is 2. The molecule has 5 aromatic rings. The summed E-state index contributed by atoms with van der Waals surface area (Å²) in [6.45, 7) is 10.2. The number of nitrogens with zero attached hydrogens (tertiary/aromatic N) is 3. The van der Waals surface area contributed by atoms with Gasteiger partial charge in [0.2, 0.25) is 5.91 Å². The van der Waals surface area contributed by atoms with Gasteiger partial charge < -0.3 is 19.7 Å². The molecule has 3 aromatic carbocycles. The van der Waals surface area contributed by atoms with Gasteiger partial charge in [0.05, 0.1) is 23.6 Å². The summed E-state index contributed by atoms with van der Waals surface area (Å²) >= 11 is 1.63. The van der Waals surface area contributed by atoms with Crippen molar-refractivity contribution in [1.82, 2.24) is 19.8 Å². The van der Waals surface area contributed by atoms with Gasteiger partial charge in [0.25, 0.3) is 0 Å². The minimum absolute atomic E-state index is 0.0311. The molecule has 0 aliphatic heterocycles. The average Bonchev–Trinajstić information content (AvgIpc) is 3.78. The van der Waals surface area contributed by atoms with Crippen molar-refractivity contribution in [2.24, 2.45) is 0 Å². The maximum absolute atomic E-state index is 13.4. The number of nitrogens with one attached hydrogen (secondary N) is 1. The average molecular weight is 695 g/mol. The van der Waals surface area contributed by atoms with Gasteiger partial charge in [-0.1, -0.05) is 75.2 Å². The molecule has 8 nitrogen and oxygen atoms in total. The smallest absolute Gasteiger partial charge is 0.317 e. The van der Waals surface area contributed by atoms with Crippen molar-refractivity contribution in [3.05, 3.63) is 107 Å². The molecule has 0 spiro atoms. The molecular formula is C41H50N4O4S. The van der Waals surface area contributed by atoms with E-state index in [1.165, 1.54) is 31.2 Å². The van der Waals surface area contributed by atoms with Crippen LogP contribution in [-0.4, -0.2) is 56.4 Å². The van der Waals surface area contributed by atoms with Gasteiger partial charge in [-0.2, -0.15) is 0 Å². The van der Waals surface area contributed by atoms with Crippen LogP contribution < -0.4 is 4.74 Å². The molecule has 1 amide bonds. The number of benzene rings is 3. The van der Waals surface area contributed by atoms with Gasteiger partial charge in [0.15, 0.2) is 0 Å². The zero-order chi connectivity index (χ0) is 35.5. The van der Waals surface area contributed by atoms with Crippen LogP contribution in [0.25, 0.3) is 21.5 Å². The zero-order valence-electron chi connectivity index (χ0n) is 29.7. The number of rotatable bonds is 19. The highest BCUT2D eigenvalue weighted by Gasteiger charge is 2.30. The molecule has 0 radical (unpaired) electrons. The Labute approximate surface area is 300 Å². The van der Waals surface area contributed by atoms with E-state index in [-0.39, 0.29) is 18.9 Å². The second kappa shape index (κ2) is 18.0. The van der Waals surface area contributed by atoms with E-state index in [9.17, 15) is 14.7 Å². The standard InChI is InChI=1S/C41H50N4O4S/c1-5-11-30(12-6-2)31-19-21-33(22-20-31)49-28-29-15-17-32(18-16-29)38-24-23-34(50-38)26-45(27-40(47)48)37(25-39(46)44(7-3)8-4)41-42-35-13-9-10-14-36(35)43-41/h9-10,13-24,30,37H,5-8,11-12,25-28H2,1-4H3,(H,42,43)(H,47,48). The van der Waals surface area contributed by atoms with E-state index < -0.39 is 12.0 Å². The third-order valence-corrected chi connectivity index (χ3v) is 10.4. The Hall–Kier alpha value is -4.47. The van der Waals surface area contributed by atoms with Crippen LogP contribution in [0, 0.1) is 0 Å². The number of fused-ring (bicyclic) bond motifs is 1. The summed E-state index contributed by atoms with van der Waals surface area (Å²) in [7, 11) is 0. The van der Waals surface area contributed by atoms with Gasteiger partial charge in [-0.05, 0) is 85.7 Å². The SMILES string of the molecule is CCCC(CCC)c1ccc(OCc2ccc(-c3ccc(CN(CC(=O)O)C(CC(=O)N(CC)CC)c4nc5ccccc5[nH]4)s3)cc2)cc1. The number of carboxylic acids is 1. The quantitative estimate of drug-likeness (QED) is 0.0894. The lowest BCUT2D eigenvalue weighted by atomic mass is 9.90. The fourth-order valence-corrected chi connectivity index (χ4v) is 7.65. The summed E-state index contributed by atoms with van der Waals surface area (Å²) < 4.78 is 6.12. The number of H-pyrrole nitrogens is 1. The first-order valence-corrected chi connectivity index (χ1v) is 18.7. The van der Waals surface area contributed by atoms with E-state index in [1.54, 1.807) is 16.2 Å². The van der Waals surface area contributed by atoms with Gasteiger partial charge in [0.1, 0.15) is 18.2 Å². The first-order chi connectivity index (χ1) is 24.3. The highest BCUT2D eigenvalue weighted by Crippen LogP contribution is 2.33. The van der Waals surface area contributed by atoms with Gasteiger partial charge in [0, 0.05) is 35.8 Å². The molecule has 2 heterocycles. The van der Waals surface area contributed by atoms with Gasteiger partial charge in [-0.15, -0.1) is 11.3 Å². The van der Waals surface area contributed by atoms with E-state index in [1.807, 2.05) is 49.1 Å². The fourth-order valence-electron chi connectivity index (χ4n) is 6.61. The van der Waals surface area contributed by atoms with Crippen LogP contribution in [0.3, 0.4) is 0 Å². The van der Waals surface area contributed by atoms with Gasteiger partial charge in [-0.25, -0.2) is 4.98 Å². The number of amides is 1. The molecule has 0 bridgehead atoms. The van der Waals surface area contributed by atoms with Crippen molar-refractivity contribution < 1.29 is 19.4 Å². The molecule has 0 aliphatic carbocycles. The second-order valence-electron chi connectivity index (χ2n) is 12.8. The zero-order valence-corrected chi connectivity index (χ0v) is 30.5. The molecule has 9 heteroatoms. The van der Waals surface area contributed by atoms with Crippen LogP contribution in [0.1, 0.15) is 93.6 Å². The van der Waals surface area contributed by atoms with E-state index >= 15 is 0 Å². The number of carboxylic acid groups (broad SMARTS) is 1. The van der Waals surface area contributed by atoms with E-state index in [0.29, 0.717) is 38.0 Å². The predicted molar refractivity (Wildman–Crippen MR) is 203 cm³/mol. The highest BCUT2D eigenvalue weighted by molar-refractivity contribution is 7.15. The Morgan fingerprint density at radius 3 is 2.22 bits per heavy atom. The number of aromatic amines is 1. The Balaban J connectivity index is 1.28. The second-order valence-corrected chi connectivity index (χ2v) is 14.0. The Bertz CT molecular complexity index is 1770. The Morgan fingerprint density at radius 1 is 0.880 bits per heavy atom. The van der Waals surface area contributed by atoms with E-state index in [0.717, 1.165) is 37.7 Å². The van der Waals surface area contributed by atoms with Crippen LogP contribution in [0.4, 0.5) is 0 Å². The number of hydrogen-bond donors (Lipinski definition) is 2. The maximum atomic E-state index is 13.4. The number of aliphatic carboxylic acids is 1. The molecule has 1 atom stereocenters. The summed E-state index contributed by atoms with van der Waals surface area (Å²) in [5.41, 5.74) is 5.20. The molecule has 2 N–H and O–H groups in total. The van der Waals surface area contributed by atoms with Crippen molar-refractivity contribution in [2.45, 2.75) is 84.9 Å². The van der Waals surface area contributed by atoms with Gasteiger partial charge >= 0.3 is 5.97 Å². The lowest BCUT2D eigenvalue weighted by Crippen LogP contribution is -2.38. The van der Waals surface area contributed by atoms with Crippen molar-refractivity contribution in [1.29, 1.82) is 0 Å². The van der Waals surface area contributed by atoms with Crippen LogP contribution >= 0.6 is 11.3 Å². The van der Waals surface area contributed by atoms with Crippen molar-refractivity contribution in [2.75, 3.05) is 19.6 Å². The summed E-state index contributed by atoms with van der Waals surface area (Å²) in [6.07, 6.45) is 4.94. The Morgan fingerprint density at radius 2 is 1.58 bits per heavy atom. The number of hydrogen-bond acceptors (Lipinski definition) is 6. The molecule has 0 saturated heterocycles. The molecule has 2 aromatic heterocycles. The predicted octanol–water partition coefficient (Wildman–Crippen LogP) is 9.44. The summed E-state index contributed by atoms with van der Waals surface area (Å²) in [5, 5.41) is 9.96. The lowest BCUT2D eigenvalue weighted by Gasteiger charge is -2.30. The van der Waals surface area contributed by atoms with Crippen molar-refractivity contribution in [3.8, 4) is 16.2 Å². The number of thiophene rings is 1. The van der Waals surface area contributed by atoms with E-state index in [2.05, 4.69) is 73.4 Å².